The Balaban J connectivity index is 2.48. The molecular weight excluding hydrogens is 168 g/mol. The molecule has 70 valence electrons. The van der Waals surface area contributed by atoms with E-state index < -0.39 is 0 Å². The van der Waals surface area contributed by atoms with E-state index in [4.69, 9.17) is 9.15 Å². The molecule has 0 atom stereocenters. The summed E-state index contributed by atoms with van der Waals surface area (Å²) in [6.07, 6.45) is 3.42. The Kier molecular flexibility index (Phi) is 3.31. The minimum absolute atomic E-state index is 0.275. The van der Waals surface area contributed by atoms with E-state index in [1.165, 1.54) is 6.92 Å². The molecule has 0 bridgehead atoms. The Morgan fingerprint density at radius 3 is 2.92 bits per heavy atom. The smallest absolute Gasteiger partial charge is 0.302 e. The number of esters is 1. The Hall–Kier alpha value is -1.51. The first kappa shape index (κ1) is 9.58. The molecule has 1 aromatic heterocycles. The standard InChI is InChI=1S/C10H12O3/c1-8(5-7-12-9(2)11)10-4-3-6-13-10/h3-6H,7H2,1-2H3/b8-5+. The van der Waals surface area contributed by atoms with Gasteiger partial charge in [0.1, 0.15) is 12.4 Å². The summed E-state index contributed by atoms with van der Waals surface area (Å²) in [6, 6.07) is 3.68. The molecule has 0 radical (unpaired) electrons. The first-order valence-electron chi connectivity index (χ1n) is 4.04. The van der Waals surface area contributed by atoms with Crippen LogP contribution in [0.5, 0.6) is 0 Å². The van der Waals surface area contributed by atoms with Gasteiger partial charge < -0.3 is 9.15 Å². The van der Waals surface area contributed by atoms with Gasteiger partial charge in [0, 0.05) is 6.92 Å². The van der Waals surface area contributed by atoms with Gasteiger partial charge in [0.25, 0.3) is 0 Å². The SMILES string of the molecule is CC(=O)OC/C=C(\C)c1ccco1. The number of carbonyl (C=O) groups excluding carboxylic acids is 1. The van der Waals surface area contributed by atoms with Crippen LogP contribution < -0.4 is 0 Å². The number of hydrogen-bond donors (Lipinski definition) is 0. The molecule has 3 nitrogen and oxygen atoms in total. The van der Waals surface area contributed by atoms with Gasteiger partial charge in [0.05, 0.1) is 6.26 Å². The lowest BCUT2D eigenvalue weighted by Crippen LogP contribution is -1.97. The highest BCUT2D eigenvalue weighted by molar-refractivity contribution is 5.66. The summed E-state index contributed by atoms with van der Waals surface area (Å²) >= 11 is 0. The second-order valence-corrected chi connectivity index (χ2v) is 2.67. The Morgan fingerprint density at radius 2 is 2.38 bits per heavy atom. The Labute approximate surface area is 77.0 Å². The second-order valence-electron chi connectivity index (χ2n) is 2.67. The van der Waals surface area contributed by atoms with Crippen molar-refractivity contribution in [1.82, 2.24) is 0 Å². The molecule has 0 aliphatic carbocycles. The van der Waals surface area contributed by atoms with Crippen molar-refractivity contribution < 1.29 is 13.9 Å². The van der Waals surface area contributed by atoms with E-state index in [0.717, 1.165) is 11.3 Å². The lowest BCUT2D eigenvalue weighted by Gasteiger charge is -1.97. The molecule has 1 heterocycles. The molecule has 0 aliphatic rings. The van der Waals surface area contributed by atoms with Crippen LogP contribution in [-0.4, -0.2) is 12.6 Å². The minimum atomic E-state index is -0.275. The minimum Gasteiger partial charge on any atom is -0.465 e. The predicted octanol–water partition coefficient (Wildman–Crippen LogP) is 2.25. The molecule has 0 aliphatic heterocycles. The normalized spacial score (nSPS) is 11.4. The topological polar surface area (TPSA) is 39.4 Å². The molecule has 0 fully saturated rings. The molecule has 0 aromatic carbocycles. The fourth-order valence-corrected chi connectivity index (χ4v) is 0.888. The summed E-state index contributed by atoms with van der Waals surface area (Å²) in [5.74, 6) is 0.524. The van der Waals surface area contributed by atoms with Crippen LogP contribution in [0.2, 0.25) is 0 Å². The molecule has 0 amide bonds. The third-order valence-corrected chi connectivity index (χ3v) is 1.59. The maximum atomic E-state index is 10.4. The number of hydrogen-bond acceptors (Lipinski definition) is 3. The van der Waals surface area contributed by atoms with Gasteiger partial charge in [0.15, 0.2) is 0 Å². The first-order valence-corrected chi connectivity index (χ1v) is 4.04. The average Bonchev–Trinajstić information content (AvgIpc) is 2.55. The first-order chi connectivity index (χ1) is 6.20. The molecular formula is C10H12O3. The Morgan fingerprint density at radius 1 is 1.62 bits per heavy atom. The van der Waals surface area contributed by atoms with Crippen LogP contribution in [0.25, 0.3) is 5.57 Å². The largest absolute Gasteiger partial charge is 0.465 e. The van der Waals surface area contributed by atoms with E-state index in [9.17, 15) is 4.79 Å². The summed E-state index contributed by atoms with van der Waals surface area (Å²) in [4.78, 5) is 10.4. The van der Waals surface area contributed by atoms with E-state index in [0.29, 0.717) is 6.61 Å². The molecule has 13 heavy (non-hydrogen) atoms. The summed E-state index contributed by atoms with van der Waals surface area (Å²) in [5, 5.41) is 0. The van der Waals surface area contributed by atoms with Crippen molar-refractivity contribution in [2.45, 2.75) is 13.8 Å². The van der Waals surface area contributed by atoms with Crippen molar-refractivity contribution in [2.75, 3.05) is 6.61 Å². The number of furan rings is 1. The van der Waals surface area contributed by atoms with E-state index in [1.54, 1.807) is 12.3 Å². The van der Waals surface area contributed by atoms with Crippen molar-refractivity contribution in [2.24, 2.45) is 0 Å². The molecule has 0 unspecified atom stereocenters. The number of allylic oxidation sites excluding steroid dienone is 1. The van der Waals surface area contributed by atoms with Gasteiger partial charge in [0.2, 0.25) is 0 Å². The van der Waals surface area contributed by atoms with Crippen LogP contribution in [0.1, 0.15) is 19.6 Å². The third kappa shape index (κ3) is 3.15. The van der Waals surface area contributed by atoms with E-state index >= 15 is 0 Å². The molecule has 1 rings (SSSR count). The number of ether oxygens (including phenoxy) is 1. The van der Waals surface area contributed by atoms with Crippen molar-refractivity contribution in [3.05, 3.63) is 30.2 Å². The highest BCUT2D eigenvalue weighted by Crippen LogP contribution is 2.12. The van der Waals surface area contributed by atoms with Crippen molar-refractivity contribution in [1.29, 1.82) is 0 Å². The average molecular weight is 180 g/mol. The monoisotopic (exact) mass is 180 g/mol. The van der Waals surface area contributed by atoms with Gasteiger partial charge in [-0.1, -0.05) is 0 Å². The molecule has 3 heteroatoms. The highest BCUT2D eigenvalue weighted by atomic mass is 16.5. The van der Waals surface area contributed by atoms with Crippen LogP contribution >= 0.6 is 0 Å². The summed E-state index contributed by atoms with van der Waals surface area (Å²) < 4.78 is 9.90. The maximum absolute atomic E-state index is 10.4. The summed E-state index contributed by atoms with van der Waals surface area (Å²) in [7, 11) is 0. The molecule has 0 spiro atoms. The van der Waals surface area contributed by atoms with Crippen LogP contribution in [0.15, 0.2) is 28.9 Å². The van der Waals surface area contributed by atoms with Gasteiger partial charge in [-0.2, -0.15) is 0 Å². The van der Waals surface area contributed by atoms with Gasteiger partial charge >= 0.3 is 5.97 Å². The molecule has 1 aromatic rings. The van der Waals surface area contributed by atoms with Crippen molar-refractivity contribution >= 4 is 11.5 Å². The molecule has 0 N–H and O–H groups in total. The highest BCUT2D eigenvalue weighted by Gasteiger charge is 1.97. The lowest BCUT2D eigenvalue weighted by atomic mass is 10.2. The zero-order valence-electron chi connectivity index (χ0n) is 7.74. The molecule has 0 saturated carbocycles. The van der Waals surface area contributed by atoms with Crippen LogP contribution in [-0.2, 0) is 9.53 Å². The molecule has 0 saturated heterocycles. The second kappa shape index (κ2) is 4.50. The van der Waals surface area contributed by atoms with Gasteiger partial charge in [-0.05, 0) is 30.7 Å². The fraction of sp³-hybridized carbons (Fsp3) is 0.300. The fourth-order valence-electron chi connectivity index (χ4n) is 0.888. The van der Waals surface area contributed by atoms with Crippen molar-refractivity contribution in [3.63, 3.8) is 0 Å². The maximum Gasteiger partial charge on any atom is 0.302 e. The summed E-state index contributed by atoms with van der Waals surface area (Å²) in [5.41, 5.74) is 0.964. The van der Waals surface area contributed by atoms with Crippen LogP contribution in [0.4, 0.5) is 0 Å². The van der Waals surface area contributed by atoms with Crippen molar-refractivity contribution in [3.8, 4) is 0 Å². The quantitative estimate of drug-likeness (QED) is 0.669. The number of rotatable bonds is 3. The zero-order chi connectivity index (χ0) is 9.68. The predicted molar refractivity (Wildman–Crippen MR) is 49.0 cm³/mol. The Bertz CT molecular complexity index is 296. The van der Waals surface area contributed by atoms with Gasteiger partial charge in [-0.15, -0.1) is 0 Å². The lowest BCUT2D eigenvalue weighted by molar-refractivity contribution is -0.139. The third-order valence-electron chi connectivity index (χ3n) is 1.59. The van der Waals surface area contributed by atoms with Gasteiger partial charge in [-0.25, -0.2) is 0 Å². The number of carbonyl (C=O) groups is 1. The van der Waals surface area contributed by atoms with E-state index in [2.05, 4.69) is 0 Å². The van der Waals surface area contributed by atoms with E-state index in [-0.39, 0.29) is 5.97 Å². The van der Waals surface area contributed by atoms with Crippen LogP contribution in [0.3, 0.4) is 0 Å². The van der Waals surface area contributed by atoms with Gasteiger partial charge in [-0.3, -0.25) is 4.79 Å². The van der Waals surface area contributed by atoms with E-state index in [1.807, 2.05) is 19.1 Å². The zero-order valence-corrected chi connectivity index (χ0v) is 7.74. The van der Waals surface area contributed by atoms with Crippen LogP contribution in [0, 0.1) is 0 Å². The summed E-state index contributed by atoms with van der Waals surface area (Å²) in [6.45, 7) is 3.58.